The molecule has 0 aliphatic carbocycles. The van der Waals surface area contributed by atoms with Crippen LogP contribution in [0.25, 0.3) is 0 Å². The summed E-state index contributed by atoms with van der Waals surface area (Å²) in [5.41, 5.74) is 1.51. The molecule has 0 spiro atoms. The molecular weight excluding hydrogens is 295 g/mol. The SMILES string of the molecule is CC1=C(C(=O)c2ccccc2)[C@H](c2ccccc2F)NC(=O)N1. The largest absolute Gasteiger partial charge is 0.327 e. The Labute approximate surface area is 133 Å². The summed E-state index contributed by atoms with van der Waals surface area (Å²) in [6.07, 6.45) is 0. The lowest BCUT2D eigenvalue weighted by Crippen LogP contribution is -2.45. The third kappa shape index (κ3) is 2.85. The molecular formula is C18H15FN2O2. The zero-order valence-corrected chi connectivity index (χ0v) is 12.5. The number of halogens is 1. The molecule has 0 aromatic heterocycles. The Morgan fingerprint density at radius 2 is 1.70 bits per heavy atom. The van der Waals surface area contributed by atoms with E-state index >= 15 is 0 Å². The molecule has 1 atom stereocenters. The van der Waals surface area contributed by atoms with Crippen LogP contribution >= 0.6 is 0 Å². The molecule has 0 saturated heterocycles. The number of benzene rings is 2. The van der Waals surface area contributed by atoms with Crippen molar-refractivity contribution in [3.63, 3.8) is 0 Å². The highest BCUT2D eigenvalue weighted by atomic mass is 19.1. The van der Waals surface area contributed by atoms with Crippen molar-refractivity contribution < 1.29 is 14.0 Å². The Hall–Kier alpha value is -2.95. The molecule has 0 bridgehead atoms. The smallest absolute Gasteiger partial charge is 0.319 e. The van der Waals surface area contributed by atoms with Gasteiger partial charge in [-0.25, -0.2) is 9.18 Å². The average molecular weight is 310 g/mol. The van der Waals surface area contributed by atoms with Crippen LogP contribution in [0, 0.1) is 5.82 Å². The van der Waals surface area contributed by atoms with Crippen molar-refractivity contribution in [1.82, 2.24) is 10.6 Å². The second kappa shape index (κ2) is 6.04. The van der Waals surface area contributed by atoms with Gasteiger partial charge in [-0.15, -0.1) is 0 Å². The van der Waals surface area contributed by atoms with E-state index in [-0.39, 0.29) is 11.3 Å². The van der Waals surface area contributed by atoms with Gasteiger partial charge in [-0.05, 0) is 13.0 Å². The van der Waals surface area contributed by atoms with E-state index in [1.807, 2.05) is 6.07 Å². The zero-order chi connectivity index (χ0) is 16.4. The van der Waals surface area contributed by atoms with Crippen LogP contribution in [0.5, 0.6) is 0 Å². The third-order valence-electron chi connectivity index (χ3n) is 3.77. The molecule has 1 aliphatic heterocycles. The maximum Gasteiger partial charge on any atom is 0.319 e. The highest BCUT2D eigenvalue weighted by Crippen LogP contribution is 2.30. The fourth-order valence-corrected chi connectivity index (χ4v) is 2.68. The van der Waals surface area contributed by atoms with Crippen LogP contribution in [0.1, 0.15) is 28.9 Å². The fourth-order valence-electron chi connectivity index (χ4n) is 2.68. The van der Waals surface area contributed by atoms with E-state index in [4.69, 9.17) is 0 Å². The molecule has 2 N–H and O–H groups in total. The Balaban J connectivity index is 2.10. The number of nitrogens with one attached hydrogen (secondary N) is 2. The van der Waals surface area contributed by atoms with Crippen molar-refractivity contribution in [2.45, 2.75) is 13.0 Å². The minimum atomic E-state index is -0.822. The highest BCUT2D eigenvalue weighted by Gasteiger charge is 2.32. The molecule has 1 aliphatic rings. The zero-order valence-electron chi connectivity index (χ0n) is 12.5. The molecule has 2 aromatic rings. The predicted molar refractivity (Wildman–Crippen MR) is 84.3 cm³/mol. The van der Waals surface area contributed by atoms with Crippen molar-refractivity contribution in [3.05, 3.63) is 82.8 Å². The van der Waals surface area contributed by atoms with E-state index in [0.29, 0.717) is 16.8 Å². The number of amides is 2. The van der Waals surface area contributed by atoms with E-state index in [1.165, 1.54) is 6.07 Å². The molecule has 0 radical (unpaired) electrons. The number of Topliss-reactive ketones (excluding diaryl/α,β-unsaturated/α-hetero) is 1. The number of ketones is 1. The van der Waals surface area contributed by atoms with Gasteiger partial charge in [-0.3, -0.25) is 4.79 Å². The van der Waals surface area contributed by atoms with Crippen LogP contribution in [0.4, 0.5) is 9.18 Å². The Morgan fingerprint density at radius 3 is 2.39 bits per heavy atom. The van der Waals surface area contributed by atoms with Gasteiger partial charge in [0.05, 0.1) is 6.04 Å². The van der Waals surface area contributed by atoms with Crippen LogP contribution in [-0.4, -0.2) is 11.8 Å². The number of urea groups is 1. The van der Waals surface area contributed by atoms with E-state index in [9.17, 15) is 14.0 Å². The van der Waals surface area contributed by atoms with Crippen LogP contribution in [0.3, 0.4) is 0 Å². The van der Waals surface area contributed by atoms with E-state index in [0.717, 1.165) is 0 Å². The van der Waals surface area contributed by atoms with Crippen LogP contribution in [0.15, 0.2) is 65.9 Å². The van der Waals surface area contributed by atoms with Gasteiger partial charge in [-0.2, -0.15) is 0 Å². The molecule has 4 nitrogen and oxygen atoms in total. The van der Waals surface area contributed by atoms with Gasteiger partial charge < -0.3 is 10.6 Å². The van der Waals surface area contributed by atoms with Crippen molar-refractivity contribution in [3.8, 4) is 0 Å². The third-order valence-corrected chi connectivity index (χ3v) is 3.77. The van der Waals surface area contributed by atoms with Gasteiger partial charge in [0, 0.05) is 22.4 Å². The first-order valence-electron chi connectivity index (χ1n) is 7.20. The molecule has 2 amide bonds. The molecule has 0 fully saturated rings. The first-order chi connectivity index (χ1) is 11.1. The van der Waals surface area contributed by atoms with E-state index < -0.39 is 17.9 Å². The molecule has 23 heavy (non-hydrogen) atoms. The summed E-state index contributed by atoms with van der Waals surface area (Å²) in [5.74, 6) is -0.713. The molecule has 1 heterocycles. The lowest BCUT2D eigenvalue weighted by Gasteiger charge is -2.28. The van der Waals surface area contributed by atoms with Gasteiger partial charge in [0.25, 0.3) is 0 Å². The van der Waals surface area contributed by atoms with Gasteiger partial charge in [0.1, 0.15) is 5.82 Å². The predicted octanol–water partition coefficient (Wildman–Crippen LogP) is 3.34. The normalized spacial score (nSPS) is 17.5. The minimum Gasteiger partial charge on any atom is -0.327 e. The molecule has 5 heteroatoms. The minimum absolute atomic E-state index is 0.246. The quantitative estimate of drug-likeness (QED) is 0.854. The summed E-state index contributed by atoms with van der Waals surface area (Å²) < 4.78 is 14.2. The van der Waals surface area contributed by atoms with Crippen LogP contribution < -0.4 is 10.6 Å². The second-order valence-electron chi connectivity index (χ2n) is 5.29. The monoisotopic (exact) mass is 310 g/mol. The van der Waals surface area contributed by atoms with Gasteiger partial charge in [0.15, 0.2) is 5.78 Å². The first kappa shape index (κ1) is 15.0. The number of hydrogen-bond acceptors (Lipinski definition) is 2. The summed E-state index contributed by atoms with van der Waals surface area (Å²) in [7, 11) is 0. The molecule has 2 aromatic carbocycles. The number of allylic oxidation sites excluding steroid dienone is 1. The Morgan fingerprint density at radius 1 is 1.04 bits per heavy atom. The Bertz CT molecular complexity index is 800. The molecule has 116 valence electrons. The van der Waals surface area contributed by atoms with Gasteiger partial charge in [-0.1, -0.05) is 48.5 Å². The first-order valence-corrected chi connectivity index (χ1v) is 7.20. The van der Waals surface area contributed by atoms with Crippen molar-refractivity contribution in [2.24, 2.45) is 0 Å². The summed E-state index contributed by atoms with van der Waals surface area (Å²) >= 11 is 0. The topological polar surface area (TPSA) is 58.2 Å². The maximum atomic E-state index is 14.2. The van der Waals surface area contributed by atoms with Crippen LogP contribution in [0.2, 0.25) is 0 Å². The number of carbonyl (C=O) groups is 2. The lowest BCUT2D eigenvalue weighted by molar-refractivity contribution is 0.102. The molecule has 0 unspecified atom stereocenters. The second-order valence-corrected chi connectivity index (χ2v) is 5.29. The lowest BCUT2D eigenvalue weighted by atomic mass is 9.89. The van der Waals surface area contributed by atoms with E-state index in [2.05, 4.69) is 10.6 Å². The van der Waals surface area contributed by atoms with Gasteiger partial charge >= 0.3 is 6.03 Å². The van der Waals surface area contributed by atoms with Crippen LogP contribution in [-0.2, 0) is 0 Å². The highest BCUT2D eigenvalue weighted by molar-refractivity contribution is 6.11. The van der Waals surface area contributed by atoms with Crippen molar-refractivity contribution in [1.29, 1.82) is 0 Å². The number of carbonyl (C=O) groups excluding carboxylic acids is 2. The molecule has 0 saturated carbocycles. The average Bonchev–Trinajstić information content (AvgIpc) is 2.55. The number of hydrogen-bond donors (Lipinski definition) is 2. The van der Waals surface area contributed by atoms with Crippen molar-refractivity contribution >= 4 is 11.8 Å². The van der Waals surface area contributed by atoms with Crippen molar-refractivity contribution in [2.75, 3.05) is 0 Å². The fraction of sp³-hybridized carbons (Fsp3) is 0.111. The summed E-state index contributed by atoms with van der Waals surface area (Å²) in [4.78, 5) is 24.6. The summed E-state index contributed by atoms with van der Waals surface area (Å²) in [6.45, 7) is 1.64. The van der Waals surface area contributed by atoms with E-state index in [1.54, 1.807) is 49.4 Å². The standard InChI is InChI=1S/C18H15FN2O2/c1-11-15(17(22)12-7-3-2-4-8-12)16(21-18(23)20-11)13-9-5-6-10-14(13)19/h2-10,16H,1H3,(H2,20,21,23)/t16-/m0/s1. The summed E-state index contributed by atoms with van der Waals surface area (Å²) in [6, 6.07) is 13.6. The number of rotatable bonds is 3. The summed E-state index contributed by atoms with van der Waals surface area (Å²) in [5, 5.41) is 5.22. The van der Waals surface area contributed by atoms with Gasteiger partial charge in [0.2, 0.25) is 0 Å². The Kier molecular flexibility index (Phi) is 3.93. The molecule has 3 rings (SSSR count). The maximum absolute atomic E-state index is 14.2.